The van der Waals surface area contributed by atoms with Gasteiger partial charge in [-0.15, -0.1) is 11.3 Å². The van der Waals surface area contributed by atoms with E-state index in [1.165, 1.54) is 29.7 Å². The number of unbranched alkanes of at least 4 members (excludes halogenated alkanes) is 2. The van der Waals surface area contributed by atoms with Crippen LogP contribution in [0.15, 0.2) is 58.9 Å². The molecule has 0 N–H and O–H groups in total. The number of thiazole rings is 1. The molecule has 1 heterocycles. The van der Waals surface area contributed by atoms with Crippen LogP contribution in [0.3, 0.4) is 0 Å². The number of benzene rings is 2. The first kappa shape index (κ1) is 18.5. The second kappa shape index (κ2) is 8.86. The highest BCUT2D eigenvalue weighted by molar-refractivity contribution is 7.07. The SMILES string of the molecule is CCCCCn1c(-c2ccc(OC)cc2)csc1=Nc1ccc(C)cc1. The van der Waals surface area contributed by atoms with Gasteiger partial charge in [0.25, 0.3) is 0 Å². The molecule has 0 aliphatic rings. The van der Waals surface area contributed by atoms with E-state index in [4.69, 9.17) is 9.73 Å². The molecule has 136 valence electrons. The van der Waals surface area contributed by atoms with Gasteiger partial charge in [0.1, 0.15) is 5.75 Å². The number of hydrogen-bond donors (Lipinski definition) is 0. The predicted molar refractivity (Wildman–Crippen MR) is 110 cm³/mol. The third-order valence-electron chi connectivity index (χ3n) is 4.43. The van der Waals surface area contributed by atoms with E-state index in [0.717, 1.165) is 29.2 Å². The summed E-state index contributed by atoms with van der Waals surface area (Å²) in [5.41, 5.74) is 4.68. The van der Waals surface area contributed by atoms with Crippen molar-refractivity contribution in [2.75, 3.05) is 7.11 Å². The molecule has 0 bridgehead atoms. The Morgan fingerprint density at radius 2 is 1.73 bits per heavy atom. The molecule has 0 aliphatic carbocycles. The smallest absolute Gasteiger partial charge is 0.190 e. The number of methoxy groups -OCH3 is 1. The average molecular weight is 367 g/mol. The summed E-state index contributed by atoms with van der Waals surface area (Å²) in [5.74, 6) is 0.881. The van der Waals surface area contributed by atoms with E-state index in [1.807, 2.05) is 12.1 Å². The van der Waals surface area contributed by atoms with Crippen molar-refractivity contribution < 1.29 is 4.74 Å². The van der Waals surface area contributed by atoms with Crippen LogP contribution in [0, 0.1) is 6.92 Å². The van der Waals surface area contributed by atoms with Crippen molar-refractivity contribution in [2.24, 2.45) is 4.99 Å². The molecule has 0 radical (unpaired) electrons. The summed E-state index contributed by atoms with van der Waals surface area (Å²) in [4.78, 5) is 5.95. The summed E-state index contributed by atoms with van der Waals surface area (Å²) in [6.45, 7) is 5.32. The quantitative estimate of drug-likeness (QED) is 0.474. The van der Waals surface area contributed by atoms with Crippen LogP contribution in [0.4, 0.5) is 5.69 Å². The Bertz CT molecular complexity index is 889. The van der Waals surface area contributed by atoms with Crippen molar-refractivity contribution >= 4 is 17.0 Å². The van der Waals surface area contributed by atoms with E-state index < -0.39 is 0 Å². The first-order valence-electron chi connectivity index (χ1n) is 9.15. The van der Waals surface area contributed by atoms with Gasteiger partial charge >= 0.3 is 0 Å². The van der Waals surface area contributed by atoms with E-state index in [0.29, 0.717) is 0 Å². The van der Waals surface area contributed by atoms with Crippen LogP contribution in [0.2, 0.25) is 0 Å². The number of hydrogen-bond acceptors (Lipinski definition) is 3. The Morgan fingerprint density at radius 3 is 2.38 bits per heavy atom. The highest BCUT2D eigenvalue weighted by Gasteiger charge is 2.08. The highest BCUT2D eigenvalue weighted by atomic mass is 32.1. The van der Waals surface area contributed by atoms with Crippen LogP contribution in [-0.4, -0.2) is 11.7 Å². The van der Waals surface area contributed by atoms with E-state index in [-0.39, 0.29) is 0 Å². The summed E-state index contributed by atoms with van der Waals surface area (Å²) in [7, 11) is 1.70. The number of aryl methyl sites for hydroxylation is 1. The van der Waals surface area contributed by atoms with Gasteiger partial charge in [-0.1, -0.05) is 37.5 Å². The Hall–Kier alpha value is -2.33. The van der Waals surface area contributed by atoms with Crippen LogP contribution in [0.5, 0.6) is 5.75 Å². The Labute approximate surface area is 159 Å². The molecular weight excluding hydrogens is 340 g/mol. The summed E-state index contributed by atoms with van der Waals surface area (Å²) in [5, 5.41) is 2.21. The zero-order valence-corrected chi connectivity index (χ0v) is 16.6. The first-order valence-corrected chi connectivity index (χ1v) is 10.0. The Morgan fingerprint density at radius 1 is 1.00 bits per heavy atom. The molecule has 0 saturated heterocycles. The lowest BCUT2D eigenvalue weighted by Gasteiger charge is -2.09. The van der Waals surface area contributed by atoms with Crippen LogP contribution >= 0.6 is 11.3 Å². The summed E-state index contributed by atoms with van der Waals surface area (Å²) in [6, 6.07) is 16.6. The lowest BCUT2D eigenvalue weighted by atomic mass is 10.1. The number of rotatable bonds is 7. The predicted octanol–water partition coefficient (Wildman–Crippen LogP) is 5.96. The van der Waals surface area contributed by atoms with Gasteiger partial charge in [-0.05, 0) is 55.3 Å². The standard InChI is InChI=1S/C22H26N2OS/c1-4-5-6-15-24-21(18-9-13-20(25-3)14-10-18)16-26-22(24)23-19-11-7-17(2)8-12-19/h7-14,16H,4-6,15H2,1-3H3. The fraction of sp³-hybridized carbons (Fsp3) is 0.318. The van der Waals surface area contributed by atoms with Crippen LogP contribution in [0.1, 0.15) is 31.7 Å². The van der Waals surface area contributed by atoms with Crippen molar-refractivity contribution in [1.82, 2.24) is 4.57 Å². The molecule has 0 saturated carbocycles. The second-order valence-corrected chi connectivity index (χ2v) is 7.27. The molecule has 4 heteroatoms. The van der Waals surface area contributed by atoms with Crippen LogP contribution in [-0.2, 0) is 6.54 Å². The summed E-state index contributed by atoms with van der Waals surface area (Å²) < 4.78 is 7.64. The third-order valence-corrected chi connectivity index (χ3v) is 5.29. The minimum absolute atomic E-state index is 0.881. The van der Waals surface area contributed by atoms with Crippen LogP contribution < -0.4 is 9.54 Å². The van der Waals surface area contributed by atoms with E-state index in [9.17, 15) is 0 Å². The van der Waals surface area contributed by atoms with Gasteiger partial charge in [0.15, 0.2) is 4.80 Å². The van der Waals surface area contributed by atoms with Crippen molar-refractivity contribution in [1.29, 1.82) is 0 Å². The topological polar surface area (TPSA) is 26.5 Å². The van der Waals surface area contributed by atoms with Crippen molar-refractivity contribution in [3.63, 3.8) is 0 Å². The molecule has 3 nitrogen and oxygen atoms in total. The minimum Gasteiger partial charge on any atom is -0.497 e. The fourth-order valence-corrected chi connectivity index (χ4v) is 3.83. The van der Waals surface area contributed by atoms with Crippen molar-refractivity contribution in [2.45, 2.75) is 39.7 Å². The monoisotopic (exact) mass is 366 g/mol. The van der Waals surface area contributed by atoms with Crippen molar-refractivity contribution in [3.05, 3.63) is 64.3 Å². The summed E-state index contributed by atoms with van der Waals surface area (Å²) >= 11 is 1.70. The third kappa shape index (κ3) is 4.44. The Balaban J connectivity index is 2.01. The van der Waals surface area contributed by atoms with Gasteiger partial charge in [0, 0.05) is 11.9 Å². The lowest BCUT2D eigenvalue weighted by Crippen LogP contribution is -2.16. The largest absolute Gasteiger partial charge is 0.497 e. The number of ether oxygens (including phenoxy) is 1. The molecule has 3 aromatic rings. The zero-order chi connectivity index (χ0) is 18.4. The summed E-state index contributed by atoms with van der Waals surface area (Å²) in [6.07, 6.45) is 3.61. The highest BCUT2D eigenvalue weighted by Crippen LogP contribution is 2.24. The number of nitrogens with zero attached hydrogens (tertiary/aromatic N) is 2. The molecule has 3 rings (SSSR count). The second-order valence-electron chi connectivity index (χ2n) is 6.44. The van der Waals surface area contributed by atoms with E-state index in [1.54, 1.807) is 18.4 Å². The molecule has 2 aromatic carbocycles. The van der Waals surface area contributed by atoms with Crippen LogP contribution in [0.25, 0.3) is 11.3 Å². The van der Waals surface area contributed by atoms with Gasteiger partial charge in [-0.25, -0.2) is 4.99 Å². The first-order chi connectivity index (χ1) is 12.7. The Kier molecular flexibility index (Phi) is 6.29. The van der Waals surface area contributed by atoms with Crippen molar-refractivity contribution in [3.8, 4) is 17.0 Å². The normalized spacial score (nSPS) is 11.7. The molecular formula is C22H26N2OS. The van der Waals surface area contributed by atoms with Gasteiger partial charge in [0.2, 0.25) is 0 Å². The maximum absolute atomic E-state index is 5.29. The van der Waals surface area contributed by atoms with E-state index >= 15 is 0 Å². The molecule has 0 unspecified atom stereocenters. The van der Waals surface area contributed by atoms with Gasteiger partial charge in [-0.2, -0.15) is 0 Å². The molecule has 26 heavy (non-hydrogen) atoms. The minimum atomic E-state index is 0.881. The molecule has 0 spiro atoms. The molecule has 1 aromatic heterocycles. The average Bonchev–Trinajstić information content (AvgIpc) is 3.06. The maximum Gasteiger partial charge on any atom is 0.190 e. The van der Waals surface area contributed by atoms with Gasteiger partial charge < -0.3 is 9.30 Å². The maximum atomic E-state index is 5.29. The van der Waals surface area contributed by atoms with E-state index in [2.05, 4.69) is 60.2 Å². The lowest BCUT2D eigenvalue weighted by molar-refractivity contribution is 0.415. The molecule has 0 atom stereocenters. The zero-order valence-electron chi connectivity index (χ0n) is 15.7. The fourth-order valence-electron chi connectivity index (χ4n) is 2.88. The number of aromatic nitrogens is 1. The van der Waals surface area contributed by atoms with Gasteiger partial charge in [-0.3, -0.25) is 0 Å². The molecule has 0 amide bonds. The van der Waals surface area contributed by atoms with Gasteiger partial charge in [0.05, 0.1) is 18.5 Å². The molecule has 0 aliphatic heterocycles. The molecule has 0 fully saturated rings.